The molecule has 0 aliphatic rings. The third-order valence-corrected chi connectivity index (χ3v) is 2.07. The number of phenols is 1. The SMILES string of the molecule is CC.Cc1cc(O)c(C=O)c(C(C)C)c1. The summed E-state index contributed by atoms with van der Waals surface area (Å²) >= 11 is 0. The molecule has 0 aliphatic carbocycles. The van der Waals surface area contributed by atoms with Crippen LogP contribution < -0.4 is 0 Å². The largest absolute Gasteiger partial charge is 0.507 e. The summed E-state index contributed by atoms with van der Waals surface area (Å²) in [5.74, 6) is 0.338. The zero-order valence-corrected chi connectivity index (χ0v) is 10.2. The van der Waals surface area contributed by atoms with E-state index in [0.717, 1.165) is 11.1 Å². The highest BCUT2D eigenvalue weighted by atomic mass is 16.3. The van der Waals surface area contributed by atoms with Crippen LogP contribution in [0.25, 0.3) is 0 Å². The van der Waals surface area contributed by atoms with Gasteiger partial charge in [-0.25, -0.2) is 0 Å². The van der Waals surface area contributed by atoms with E-state index in [2.05, 4.69) is 0 Å². The summed E-state index contributed by atoms with van der Waals surface area (Å²) in [6, 6.07) is 3.55. The van der Waals surface area contributed by atoms with Crippen LogP contribution in [0, 0.1) is 6.92 Å². The summed E-state index contributed by atoms with van der Waals surface area (Å²) < 4.78 is 0. The van der Waals surface area contributed by atoms with Gasteiger partial charge in [0.1, 0.15) is 5.75 Å². The Kier molecular flexibility index (Phi) is 5.68. The fourth-order valence-corrected chi connectivity index (χ4v) is 1.41. The maximum absolute atomic E-state index is 10.7. The Morgan fingerprint density at radius 3 is 2.20 bits per heavy atom. The second-order valence-electron chi connectivity index (χ2n) is 3.56. The predicted octanol–water partition coefficient (Wildman–Crippen LogP) is 3.66. The molecule has 0 heterocycles. The fraction of sp³-hybridized carbons (Fsp3) is 0.462. The molecule has 1 N–H and O–H groups in total. The summed E-state index contributed by atoms with van der Waals surface area (Å²) in [5, 5.41) is 9.49. The molecule has 2 nitrogen and oxygen atoms in total. The van der Waals surface area contributed by atoms with E-state index in [0.29, 0.717) is 11.8 Å². The van der Waals surface area contributed by atoms with Gasteiger partial charge in [-0.05, 0) is 30.0 Å². The lowest BCUT2D eigenvalue weighted by atomic mass is 9.95. The second kappa shape index (κ2) is 6.23. The van der Waals surface area contributed by atoms with Gasteiger partial charge in [-0.1, -0.05) is 33.8 Å². The van der Waals surface area contributed by atoms with Crippen molar-refractivity contribution in [3.05, 3.63) is 28.8 Å². The molecular formula is C13H20O2. The van der Waals surface area contributed by atoms with Crippen molar-refractivity contribution in [3.63, 3.8) is 0 Å². The van der Waals surface area contributed by atoms with Crippen molar-refractivity contribution in [1.29, 1.82) is 0 Å². The third kappa shape index (κ3) is 3.39. The molecule has 0 spiro atoms. The number of aryl methyl sites for hydroxylation is 1. The number of benzene rings is 1. The molecule has 0 unspecified atom stereocenters. The molecule has 0 saturated heterocycles. The van der Waals surface area contributed by atoms with Crippen LogP contribution in [0.3, 0.4) is 0 Å². The Hall–Kier alpha value is -1.31. The average molecular weight is 208 g/mol. The van der Waals surface area contributed by atoms with Crippen LogP contribution in [0.4, 0.5) is 0 Å². The molecule has 1 aromatic carbocycles. The van der Waals surface area contributed by atoms with Gasteiger partial charge in [-0.3, -0.25) is 4.79 Å². The van der Waals surface area contributed by atoms with Gasteiger partial charge in [0.25, 0.3) is 0 Å². The minimum absolute atomic E-state index is 0.0821. The van der Waals surface area contributed by atoms with Crippen molar-refractivity contribution in [2.45, 2.75) is 40.5 Å². The van der Waals surface area contributed by atoms with Crippen molar-refractivity contribution in [1.82, 2.24) is 0 Å². The van der Waals surface area contributed by atoms with Crippen LogP contribution in [-0.2, 0) is 0 Å². The molecule has 1 rings (SSSR count). The highest BCUT2D eigenvalue weighted by molar-refractivity contribution is 5.82. The normalized spacial score (nSPS) is 9.47. The number of phenolic OH excluding ortho intramolecular Hbond substituents is 1. The zero-order chi connectivity index (χ0) is 12.0. The van der Waals surface area contributed by atoms with Crippen LogP contribution >= 0.6 is 0 Å². The molecular weight excluding hydrogens is 188 g/mol. The molecule has 0 fully saturated rings. The predicted molar refractivity (Wildman–Crippen MR) is 63.7 cm³/mol. The van der Waals surface area contributed by atoms with E-state index in [-0.39, 0.29) is 11.7 Å². The number of aldehydes is 1. The standard InChI is InChI=1S/C11H14O2.C2H6/c1-7(2)9-4-8(3)5-11(13)10(9)6-12;1-2/h4-7,13H,1-3H3;1-2H3. The van der Waals surface area contributed by atoms with E-state index in [4.69, 9.17) is 0 Å². The van der Waals surface area contributed by atoms with Gasteiger partial charge in [0.2, 0.25) is 0 Å². The van der Waals surface area contributed by atoms with E-state index in [1.54, 1.807) is 6.07 Å². The lowest BCUT2D eigenvalue weighted by Crippen LogP contribution is -1.96. The smallest absolute Gasteiger partial charge is 0.154 e. The van der Waals surface area contributed by atoms with Gasteiger partial charge in [-0.15, -0.1) is 0 Å². The number of hydrogen-bond acceptors (Lipinski definition) is 2. The second-order valence-corrected chi connectivity index (χ2v) is 3.56. The Morgan fingerprint density at radius 2 is 1.80 bits per heavy atom. The summed E-state index contributed by atoms with van der Waals surface area (Å²) in [4.78, 5) is 10.7. The van der Waals surface area contributed by atoms with Crippen molar-refractivity contribution in [3.8, 4) is 5.75 Å². The summed E-state index contributed by atoms with van der Waals surface area (Å²) in [6.07, 6.45) is 0.712. The number of rotatable bonds is 2. The van der Waals surface area contributed by atoms with Crippen LogP contribution in [0.1, 0.15) is 55.1 Å². The molecule has 2 heteroatoms. The van der Waals surface area contributed by atoms with Gasteiger partial charge < -0.3 is 5.11 Å². The third-order valence-electron chi connectivity index (χ3n) is 2.07. The van der Waals surface area contributed by atoms with Gasteiger partial charge in [0.15, 0.2) is 6.29 Å². The van der Waals surface area contributed by atoms with Gasteiger partial charge in [0, 0.05) is 0 Å². The fourth-order valence-electron chi connectivity index (χ4n) is 1.41. The summed E-state index contributed by atoms with van der Waals surface area (Å²) in [6.45, 7) is 9.91. The number of hydrogen-bond donors (Lipinski definition) is 1. The first-order valence-electron chi connectivity index (χ1n) is 5.35. The number of aromatic hydroxyl groups is 1. The average Bonchev–Trinajstić information content (AvgIpc) is 2.19. The molecule has 1 aromatic rings. The van der Waals surface area contributed by atoms with Crippen molar-refractivity contribution in [2.24, 2.45) is 0 Å². The minimum atomic E-state index is 0.0821. The highest BCUT2D eigenvalue weighted by Crippen LogP contribution is 2.27. The summed E-state index contributed by atoms with van der Waals surface area (Å²) in [5.41, 5.74) is 2.31. The topological polar surface area (TPSA) is 37.3 Å². The molecule has 0 aromatic heterocycles. The Labute approximate surface area is 91.9 Å². The maximum atomic E-state index is 10.7. The van der Waals surface area contributed by atoms with Crippen molar-refractivity contribution >= 4 is 6.29 Å². The van der Waals surface area contributed by atoms with Gasteiger partial charge in [0.05, 0.1) is 5.56 Å². The Bertz CT molecular complexity index is 328. The first-order valence-corrected chi connectivity index (χ1v) is 5.35. The lowest BCUT2D eigenvalue weighted by Gasteiger charge is -2.11. The van der Waals surface area contributed by atoms with E-state index in [1.807, 2.05) is 40.7 Å². The van der Waals surface area contributed by atoms with Crippen LogP contribution in [0.15, 0.2) is 12.1 Å². The monoisotopic (exact) mass is 208 g/mol. The zero-order valence-electron chi connectivity index (χ0n) is 10.2. The van der Waals surface area contributed by atoms with Crippen molar-refractivity contribution < 1.29 is 9.90 Å². The molecule has 84 valence electrons. The molecule has 0 bridgehead atoms. The van der Waals surface area contributed by atoms with Crippen LogP contribution in [0.2, 0.25) is 0 Å². The molecule has 15 heavy (non-hydrogen) atoms. The van der Waals surface area contributed by atoms with E-state index in [9.17, 15) is 9.90 Å². The van der Waals surface area contributed by atoms with Crippen LogP contribution in [0.5, 0.6) is 5.75 Å². The van der Waals surface area contributed by atoms with E-state index < -0.39 is 0 Å². The molecule has 0 amide bonds. The molecule has 0 aliphatic heterocycles. The Balaban J connectivity index is 0.000000921. The summed E-state index contributed by atoms with van der Waals surface area (Å²) in [7, 11) is 0. The molecule has 0 atom stereocenters. The first kappa shape index (κ1) is 13.7. The Morgan fingerprint density at radius 1 is 1.27 bits per heavy atom. The maximum Gasteiger partial charge on any atom is 0.154 e. The highest BCUT2D eigenvalue weighted by Gasteiger charge is 2.10. The van der Waals surface area contributed by atoms with Gasteiger partial charge in [-0.2, -0.15) is 0 Å². The van der Waals surface area contributed by atoms with Gasteiger partial charge >= 0.3 is 0 Å². The minimum Gasteiger partial charge on any atom is -0.507 e. The number of carbonyl (C=O) groups is 1. The lowest BCUT2D eigenvalue weighted by molar-refractivity contribution is 0.111. The van der Waals surface area contributed by atoms with Crippen molar-refractivity contribution in [2.75, 3.05) is 0 Å². The quantitative estimate of drug-likeness (QED) is 0.753. The van der Waals surface area contributed by atoms with E-state index in [1.165, 1.54) is 0 Å². The molecule has 0 radical (unpaired) electrons. The first-order chi connectivity index (χ1) is 7.06. The molecule has 0 saturated carbocycles. The van der Waals surface area contributed by atoms with Crippen LogP contribution in [-0.4, -0.2) is 11.4 Å². The number of carbonyl (C=O) groups excluding carboxylic acids is 1. The van der Waals surface area contributed by atoms with E-state index >= 15 is 0 Å².